The van der Waals surface area contributed by atoms with E-state index in [4.69, 9.17) is 0 Å². The van der Waals surface area contributed by atoms with E-state index in [9.17, 15) is 14.0 Å². The predicted molar refractivity (Wildman–Crippen MR) is 93.0 cm³/mol. The minimum absolute atomic E-state index is 0.0330. The lowest BCUT2D eigenvalue weighted by atomic mass is 10.2. The van der Waals surface area contributed by atoms with Gasteiger partial charge >= 0.3 is 0 Å². The summed E-state index contributed by atoms with van der Waals surface area (Å²) in [6, 6.07) is 5.49. The lowest BCUT2D eigenvalue weighted by Gasteiger charge is -2.12. The number of carbonyl (C=O) groups excluding carboxylic acids is 2. The molecule has 0 saturated heterocycles. The molecule has 130 valence electrons. The molecule has 0 fully saturated rings. The third kappa shape index (κ3) is 4.03. The highest BCUT2D eigenvalue weighted by molar-refractivity contribution is 7.15. The Kier molecular flexibility index (Phi) is 5.08. The van der Waals surface area contributed by atoms with E-state index in [2.05, 4.69) is 15.6 Å². The topological polar surface area (TPSA) is 75.5 Å². The summed E-state index contributed by atoms with van der Waals surface area (Å²) in [5.74, 6) is -1.33. The number of hydrogen-bond acceptors (Lipinski definition) is 4. The van der Waals surface area contributed by atoms with Crippen molar-refractivity contribution in [2.24, 2.45) is 0 Å². The zero-order chi connectivity index (χ0) is 17.8. The molecule has 8 heteroatoms. The number of aromatic nitrogens is 2. The third-order valence-electron chi connectivity index (χ3n) is 3.69. The molecule has 2 N–H and O–H groups in total. The van der Waals surface area contributed by atoms with Crippen LogP contribution in [0.3, 0.4) is 0 Å². The van der Waals surface area contributed by atoms with Crippen LogP contribution in [-0.4, -0.2) is 27.7 Å². The molecule has 2 amide bonds. The van der Waals surface area contributed by atoms with Crippen molar-refractivity contribution in [3.05, 3.63) is 59.1 Å². The first-order chi connectivity index (χ1) is 12.0. The van der Waals surface area contributed by atoms with E-state index in [0.29, 0.717) is 0 Å². The van der Waals surface area contributed by atoms with E-state index < -0.39 is 11.7 Å². The molecule has 3 rings (SSSR count). The van der Waals surface area contributed by atoms with Gasteiger partial charge in [-0.2, -0.15) is 0 Å². The molecule has 0 spiro atoms. The number of rotatable bonds is 6. The van der Waals surface area contributed by atoms with Crippen molar-refractivity contribution in [1.82, 2.24) is 20.0 Å². The maximum absolute atomic E-state index is 13.5. The van der Waals surface area contributed by atoms with E-state index in [0.717, 1.165) is 10.7 Å². The largest absolute Gasteiger partial charge is 0.351 e. The van der Waals surface area contributed by atoms with Crippen molar-refractivity contribution < 1.29 is 14.0 Å². The van der Waals surface area contributed by atoms with Crippen LogP contribution in [0.25, 0.3) is 4.96 Å². The number of amides is 2. The van der Waals surface area contributed by atoms with Gasteiger partial charge in [0.15, 0.2) is 4.96 Å². The summed E-state index contributed by atoms with van der Waals surface area (Å²) < 4.78 is 15.4. The highest BCUT2D eigenvalue weighted by Crippen LogP contribution is 2.16. The lowest BCUT2D eigenvalue weighted by molar-refractivity contribution is -0.121. The van der Waals surface area contributed by atoms with E-state index in [1.165, 1.54) is 29.5 Å². The fraction of sp³-hybridized carbons (Fsp3) is 0.235. The second-order valence-corrected chi connectivity index (χ2v) is 6.41. The number of hydrogen-bond donors (Lipinski definition) is 2. The summed E-state index contributed by atoms with van der Waals surface area (Å²) >= 11 is 1.52. The molecular formula is C17H17FN4O2S. The second kappa shape index (κ2) is 7.43. The molecule has 0 unspecified atom stereocenters. The van der Waals surface area contributed by atoms with Gasteiger partial charge in [-0.25, -0.2) is 9.37 Å². The number of benzene rings is 1. The van der Waals surface area contributed by atoms with Gasteiger partial charge in [-0.15, -0.1) is 11.3 Å². The summed E-state index contributed by atoms with van der Waals surface area (Å²) in [4.78, 5) is 29.2. The van der Waals surface area contributed by atoms with Crippen LogP contribution in [0, 0.1) is 5.82 Å². The first kappa shape index (κ1) is 17.1. The molecule has 1 atom stereocenters. The van der Waals surface area contributed by atoms with Crippen LogP contribution < -0.4 is 10.6 Å². The molecule has 2 aromatic heterocycles. The highest BCUT2D eigenvalue weighted by atomic mass is 32.1. The van der Waals surface area contributed by atoms with Crippen LogP contribution in [0.4, 0.5) is 4.39 Å². The number of carbonyl (C=O) groups is 2. The summed E-state index contributed by atoms with van der Waals surface area (Å²) in [6.07, 6.45) is 3.88. The molecule has 6 nitrogen and oxygen atoms in total. The zero-order valence-electron chi connectivity index (χ0n) is 13.5. The molecule has 0 bridgehead atoms. The average molecular weight is 360 g/mol. The van der Waals surface area contributed by atoms with Crippen LogP contribution in [-0.2, 0) is 4.79 Å². The number of fused-ring (bicyclic) bond motifs is 1. The van der Waals surface area contributed by atoms with E-state index in [1.54, 1.807) is 6.07 Å². The normalized spacial score (nSPS) is 12.1. The quantitative estimate of drug-likeness (QED) is 0.709. The zero-order valence-corrected chi connectivity index (χ0v) is 14.3. The molecule has 25 heavy (non-hydrogen) atoms. The van der Waals surface area contributed by atoms with Crippen LogP contribution in [0.1, 0.15) is 35.4 Å². The van der Waals surface area contributed by atoms with E-state index in [-0.39, 0.29) is 30.5 Å². The fourth-order valence-electron chi connectivity index (χ4n) is 2.37. The fourth-order valence-corrected chi connectivity index (χ4v) is 3.08. The smallest absolute Gasteiger partial charge is 0.254 e. The molecule has 0 aliphatic carbocycles. The first-order valence-corrected chi connectivity index (χ1v) is 8.67. The van der Waals surface area contributed by atoms with Gasteiger partial charge in [0.1, 0.15) is 5.82 Å². The highest BCUT2D eigenvalue weighted by Gasteiger charge is 2.14. The minimum Gasteiger partial charge on any atom is -0.351 e. The van der Waals surface area contributed by atoms with Gasteiger partial charge in [-0.3, -0.25) is 14.0 Å². The maximum atomic E-state index is 13.5. The third-order valence-corrected chi connectivity index (χ3v) is 4.46. The van der Waals surface area contributed by atoms with Gasteiger partial charge in [0, 0.05) is 30.7 Å². The monoisotopic (exact) mass is 360 g/mol. The maximum Gasteiger partial charge on any atom is 0.254 e. The predicted octanol–water partition coefficient (Wildman–Crippen LogP) is 2.53. The Morgan fingerprint density at radius 1 is 1.36 bits per heavy atom. The minimum atomic E-state index is -0.585. The van der Waals surface area contributed by atoms with Crippen LogP contribution in [0.15, 0.2) is 42.0 Å². The van der Waals surface area contributed by atoms with Gasteiger partial charge in [0.25, 0.3) is 5.91 Å². The lowest BCUT2D eigenvalue weighted by Crippen LogP contribution is -2.32. The SMILES string of the molecule is C[C@H](NC(=O)CCNC(=O)c1ccccc1F)c1cn2ccsc2n1. The van der Waals surface area contributed by atoms with Crippen molar-refractivity contribution >= 4 is 28.1 Å². The number of imidazole rings is 1. The van der Waals surface area contributed by atoms with Crippen LogP contribution in [0.2, 0.25) is 0 Å². The number of nitrogens with one attached hydrogen (secondary N) is 2. The van der Waals surface area contributed by atoms with Crippen molar-refractivity contribution in [2.45, 2.75) is 19.4 Å². The Balaban J connectivity index is 1.47. The van der Waals surface area contributed by atoms with Gasteiger partial charge in [0.05, 0.1) is 17.3 Å². The molecule has 0 aliphatic rings. The number of halogens is 1. The van der Waals surface area contributed by atoms with Gasteiger partial charge in [0.2, 0.25) is 5.91 Å². The molecule has 3 aromatic rings. The summed E-state index contributed by atoms with van der Waals surface area (Å²) in [5.41, 5.74) is 0.741. The van der Waals surface area contributed by atoms with Crippen molar-refractivity contribution in [1.29, 1.82) is 0 Å². The van der Waals surface area contributed by atoms with Gasteiger partial charge in [-0.1, -0.05) is 12.1 Å². The van der Waals surface area contributed by atoms with Gasteiger partial charge in [-0.05, 0) is 19.1 Å². The number of nitrogens with zero attached hydrogens (tertiary/aromatic N) is 2. The molecule has 2 heterocycles. The number of thiazole rings is 1. The van der Waals surface area contributed by atoms with E-state index in [1.807, 2.05) is 29.1 Å². The Morgan fingerprint density at radius 3 is 2.92 bits per heavy atom. The Labute approximate surface area is 147 Å². The average Bonchev–Trinajstić information content (AvgIpc) is 3.16. The Hall–Kier alpha value is -2.74. The van der Waals surface area contributed by atoms with Crippen molar-refractivity contribution in [2.75, 3.05) is 6.54 Å². The summed E-state index contributed by atoms with van der Waals surface area (Å²) in [5, 5.41) is 7.32. The molecule has 0 aliphatic heterocycles. The molecular weight excluding hydrogens is 343 g/mol. The second-order valence-electron chi connectivity index (χ2n) is 5.53. The van der Waals surface area contributed by atoms with E-state index >= 15 is 0 Å². The van der Waals surface area contributed by atoms with Crippen molar-refractivity contribution in [3.63, 3.8) is 0 Å². The van der Waals surface area contributed by atoms with Crippen LogP contribution in [0.5, 0.6) is 0 Å². The van der Waals surface area contributed by atoms with Gasteiger partial charge < -0.3 is 10.6 Å². The Morgan fingerprint density at radius 2 is 2.16 bits per heavy atom. The molecule has 1 aromatic carbocycles. The molecule has 0 radical (unpaired) electrons. The van der Waals surface area contributed by atoms with Crippen molar-refractivity contribution in [3.8, 4) is 0 Å². The standard InChI is InChI=1S/C17H17FN4O2S/c1-11(14-10-22-8-9-25-17(22)21-14)20-15(23)6-7-19-16(24)12-4-2-3-5-13(12)18/h2-5,8-11H,6-7H2,1H3,(H,19,24)(H,20,23)/t11-/m0/s1. The Bertz CT molecular complexity index is 876. The first-order valence-electron chi connectivity index (χ1n) is 7.79. The molecule has 0 saturated carbocycles. The summed E-state index contributed by atoms with van der Waals surface area (Å²) in [6.45, 7) is 1.98. The van der Waals surface area contributed by atoms with Crippen LogP contribution >= 0.6 is 11.3 Å². The summed E-state index contributed by atoms with van der Waals surface area (Å²) in [7, 11) is 0.